The SMILES string of the molecule is COc1cc(NC(=O)c2cccnc2N(C)C)ccc1N1CCCC1=O. The van der Waals surface area contributed by atoms with E-state index in [1.165, 1.54) is 0 Å². The van der Waals surface area contributed by atoms with E-state index >= 15 is 0 Å². The molecule has 7 heteroatoms. The van der Waals surface area contributed by atoms with Crippen LogP contribution in [0.5, 0.6) is 5.75 Å². The van der Waals surface area contributed by atoms with Crippen LogP contribution in [0, 0.1) is 0 Å². The molecule has 136 valence electrons. The molecule has 1 saturated heterocycles. The molecule has 1 aliphatic heterocycles. The smallest absolute Gasteiger partial charge is 0.259 e. The molecule has 2 amide bonds. The Bertz CT molecular complexity index is 835. The second-order valence-corrected chi connectivity index (χ2v) is 6.26. The average molecular weight is 354 g/mol. The summed E-state index contributed by atoms with van der Waals surface area (Å²) in [6.07, 6.45) is 3.04. The Kier molecular flexibility index (Phi) is 5.06. The third kappa shape index (κ3) is 3.46. The fourth-order valence-electron chi connectivity index (χ4n) is 3.01. The zero-order chi connectivity index (χ0) is 18.7. The van der Waals surface area contributed by atoms with Gasteiger partial charge in [-0.15, -0.1) is 0 Å². The quantitative estimate of drug-likeness (QED) is 0.893. The summed E-state index contributed by atoms with van der Waals surface area (Å²) in [4.78, 5) is 32.4. The molecule has 0 spiro atoms. The molecule has 3 rings (SSSR count). The van der Waals surface area contributed by atoms with E-state index in [1.807, 2.05) is 14.1 Å². The molecule has 1 aromatic carbocycles. The molecule has 0 radical (unpaired) electrons. The van der Waals surface area contributed by atoms with Gasteiger partial charge in [-0.05, 0) is 30.7 Å². The standard InChI is InChI=1S/C19H22N4O3/c1-22(2)18-14(6-4-10-20-18)19(25)21-13-8-9-15(16(12-13)26-3)23-11-5-7-17(23)24/h4,6,8-10,12H,5,7,11H2,1-3H3,(H,21,25). The predicted molar refractivity (Wildman–Crippen MR) is 101 cm³/mol. The first-order chi connectivity index (χ1) is 12.5. The first-order valence-corrected chi connectivity index (χ1v) is 8.43. The number of amides is 2. The number of benzene rings is 1. The average Bonchev–Trinajstić information content (AvgIpc) is 3.07. The second-order valence-electron chi connectivity index (χ2n) is 6.26. The molecule has 26 heavy (non-hydrogen) atoms. The zero-order valence-corrected chi connectivity index (χ0v) is 15.2. The lowest BCUT2D eigenvalue weighted by atomic mass is 10.2. The van der Waals surface area contributed by atoms with E-state index in [0.29, 0.717) is 35.8 Å². The fourth-order valence-corrected chi connectivity index (χ4v) is 3.01. The number of hydrogen-bond acceptors (Lipinski definition) is 5. The van der Waals surface area contributed by atoms with Gasteiger partial charge in [-0.3, -0.25) is 9.59 Å². The van der Waals surface area contributed by atoms with Crippen molar-refractivity contribution in [2.45, 2.75) is 12.8 Å². The van der Waals surface area contributed by atoms with E-state index in [0.717, 1.165) is 12.1 Å². The number of nitrogens with zero attached hydrogens (tertiary/aromatic N) is 3. The lowest BCUT2D eigenvalue weighted by molar-refractivity contribution is -0.117. The van der Waals surface area contributed by atoms with Crippen molar-refractivity contribution in [1.82, 2.24) is 4.98 Å². The van der Waals surface area contributed by atoms with Crippen molar-refractivity contribution in [3.63, 3.8) is 0 Å². The highest BCUT2D eigenvalue weighted by Crippen LogP contribution is 2.34. The maximum absolute atomic E-state index is 12.6. The summed E-state index contributed by atoms with van der Waals surface area (Å²) in [5, 5.41) is 2.87. The van der Waals surface area contributed by atoms with Crippen LogP contribution in [0.3, 0.4) is 0 Å². The van der Waals surface area contributed by atoms with Gasteiger partial charge in [0.1, 0.15) is 11.6 Å². The molecule has 1 N–H and O–H groups in total. The van der Waals surface area contributed by atoms with Crippen molar-refractivity contribution >= 4 is 29.0 Å². The van der Waals surface area contributed by atoms with Crippen LogP contribution in [0.1, 0.15) is 23.2 Å². The van der Waals surface area contributed by atoms with Crippen LogP contribution in [0.4, 0.5) is 17.2 Å². The molecule has 1 aliphatic rings. The number of hydrogen-bond donors (Lipinski definition) is 1. The van der Waals surface area contributed by atoms with E-state index in [1.54, 1.807) is 53.4 Å². The molecule has 0 saturated carbocycles. The van der Waals surface area contributed by atoms with Crippen LogP contribution in [0.2, 0.25) is 0 Å². The summed E-state index contributed by atoms with van der Waals surface area (Å²) in [6, 6.07) is 8.75. The Morgan fingerprint density at radius 2 is 2.12 bits per heavy atom. The Labute approximate surface area is 152 Å². The van der Waals surface area contributed by atoms with Crippen LogP contribution in [0.25, 0.3) is 0 Å². The Hall–Kier alpha value is -3.09. The molecule has 0 aliphatic carbocycles. The van der Waals surface area contributed by atoms with Crippen molar-refractivity contribution in [3.05, 3.63) is 42.1 Å². The van der Waals surface area contributed by atoms with Crippen LogP contribution < -0.4 is 19.9 Å². The number of carbonyl (C=O) groups excluding carboxylic acids is 2. The summed E-state index contributed by atoms with van der Waals surface area (Å²) in [6.45, 7) is 0.683. The number of rotatable bonds is 5. The molecule has 1 fully saturated rings. The third-order valence-electron chi connectivity index (χ3n) is 4.26. The molecule has 2 heterocycles. The Morgan fingerprint density at radius 1 is 1.31 bits per heavy atom. The van der Waals surface area contributed by atoms with Crippen LogP contribution in [0.15, 0.2) is 36.5 Å². The molecule has 7 nitrogen and oxygen atoms in total. The van der Waals surface area contributed by atoms with Gasteiger partial charge in [-0.2, -0.15) is 0 Å². The normalized spacial score (nSPS) is 13.7. The number of aromatic nitrogens is 1. The summed E-state index contributed by atoms with van der Waals surface area (Å²) in [5.74, 6) is 0.980. The fraction of sp³-hybridized carbons (Fsp3) is 0.316. The topological polar surface area (TPSA) is 74.8 Å². The first kappa shape index (κ1) is 17.7. The number of nitrogens with one attached hydrogen (secondary N) is 1. The van der Waals surface area contributed by atoms with Crippen molar-refractivity contribution in [2.75, 3.05) is 42.9 Å². The van der Waals surface area contributed by atoms with Gasteiger partial charge in [-0.1, -0.05) is 0 Å². The van der Waals surface area contributed by atoms with Gasteiger partial charge in [0.25, 0.3) is 5.91 Å². The molecular formula is C19H22N4O3. The highest BCUT2D eigenvalue weighted by Gasteiger charge is 2.24. The maximum Gasteiger partial charge on any atom is 0.259 e. The minimum absolute atomic E-state index is 0.0890. The maximum atomic E-state index is 12.6. The number of anilines is 3. The lowest BCUT2D eigenvalue weighted by Crippen LogP contribution is -2.24. The molecule has 0 atom stereocenters. The highest BCUT2D eigenvalue weighted by molar-refractivity contribution is 6.08. The van der Waals surface area contributed by atoms with E-state index in [4.69, 9.17) is 4.74 Å². The molecule has 0 bridgehead atoms. The Balaban J connectivity index is 1.85. The summed E-state index contributed by atoms with van der Waals surface area (Å²) >= 11 is 0. The second kappa shape index (κ2) is 7.43. The number of carbonyl (C=O) groups is 2. The minimum atomic E-state index is -0.256. The Morgan fingerprint density at radius 3 is 2.77 bits per heavy atom. The van der Waals surface area contributed by atoms with Gasteiger partial charge in [0.2, 0.25) is 5.91 Å². The van der Waals surface area contributed by atoms with E-state index < -0.39 is 0 Å². The third-order valence-corrected chi connectivity index (χ3v) is 4.26. The summed E-state index contributed by atoms with van der Waals surface area (Å²) in [7, 11) is 5.23. The van der Waals surface area contributed by atoms with Gasteiger partial charge in [0.15, 0.2) is 0 Å². The summed E-state index contributed by atoms with van der Waals surface area (Å²) < 4.78 is 5.43. The van der Waals surface area contributed by atoms with Crippen molar-refractivity contribution in [1.29, 1.82) is 0 Å². The van der Waals surface area contributed by atoms with Crippen LogP contribution >= 0.6 is 0 Å². The van der Waals surface area contributed by atoms with E-state index in [9.17, 15) is 9.59 Å². The predicted octanol–water partition coefficient (Wildman–Crippen LogP) is 2.54. The number of ether oxygens (including phenoxy) is 1. The lowest BCUT2D eigenvalue weighted by Gasteiger charge is -2.20. The minimum Gasteiger partial charge on any atom is -0.494 e. The highest BCUT2D eigenvalue weighted by atomic mass is 16.5. The van der Waals surface area contributed by atoms with Crippen molar-refractivity contribution < 1.29 is 14.3 Å². The zero-order valence-electron chi connectivity index (χ0n) is 15.2. The number of methoxy groups -OCH3 is 1. The molecular weight excluding hydrogens is 332 g/mol. The van der Waals surface area contributed by atoms with E-state index in [2.05, 4.69) is 10.3 Å². The molecule has 0 unspecified atom stereocenters. The van der Waals surface area contributed by atoms with Gasteiger partial charge >= 0.3 is 0 Å². The monoisotopic (exact) mass is 354 g/mol. The van der Waals surface area contributed by atoms with Gasteiger partial charge in [0, 0.05) is 45.0 Å². The van der Waals surface area contributed by atoms with E-state index in [-0.39, 0.29) is 11.8 Å². The van der Waals surface area contributed by atoms with Gasteiger partial charge < -0.3 is 19.9 Å². The summed E-state index contributed by atoms with van der Waals surface area (Å²) in [5.41, 5.74) is 1.80. The largest absolute Gasteiger partial charge is 0.494 e. The van der Waals surface area contributed by atoms with Gasteiger partial charge in [-0.25, -0.2) is 4.98 Å². The van der Waals surface area contributed by atoms with Crippen molar-refractivity contribution in [2.24, 2.45) is 0 Å². The van der Waals surface area contributed by atoms with Crippen molar-refractivity contribution in [3.8, 4) is 5.75 Å². The molecule has 1 aromatic heterocycles. The molecule has 2 aromatic rings. The van der Waals surface area contributed by atoms with Crippen LogP contribution in [-0.4, -0.2) is 44.5 Å². The first-order valence-electron chi connectivity index (χ1n) is 8.43. The van der Waals surface area contributed by atoms with Crippen LogP contribution in [-0.2, 0) is 4.79 Å². The number of pyridine rings is 1. The van der Waals surface area contributed by atoms with Gasteiger partial charge in [0.05, 0.1) is 18.4 Å².